The van der Waals surface area contributed by atoms with E-state index in [-0.39, 0.29) is 10.6 Å². The number of carbonyl (C=O) groups excluding carboxylic acids is 1. The molecule has 1 amide bonds. The predicted molar refractivity (Wildman–Crippen MR) is 99.0 cm³/mol. The molecule has 0 unspecified atom stereocenters. The summed E-state index contributed by atoms with van der Waals surface area (Å²) in [5.41, 5.74) is 10.0. The van der Waals surface area contributed by atoms with Crippen LogP contribution in [-0.2, 0) is 22.9 Å². The van der Waals surface area contributed by atoms with Crippen LogP contribution < -0.4 is 10.5 Å². The molecule has 0 fully saturated rings. The summed E-state index contributed by atoms with van der Waals surface area (Å²) in [6.07, 6.45) is 4.89. The van der Waals surface area contributed by atoms with Crippen molar-refractivity contribution in [3.63, 3.8) is 0 Å². The van der Waals surface area contributed by atoms with Crippen LogP contribution >= 0.6 is 0 Å². The number of benzene rings is 1. The number of sulfonamides is 1. The summed E-state index contributed by atoms with van der Waals surface area (Å²) in [5, 5.41) is 4.43. The maximum Gasteiger partial charge on any atom is 0.269 e. The number of aromatic nitrogens is 3. The molecule has 0 aliphatic heterocycles. The minimum absolute atomic E-state index is 0.148. The van der Waals surface area contributed by atoms with Crippen molar-refractivity contribution in [1.29, 1.82) is 0 Å². The number of nitrogens with zero attached hydrogens (tertiary/aromatic N) is 3. The second kappa shape index (κ2) is 6.29. The molecular formula is C18H17N5O3S. The number of amides is 1. The summed E-state index contributed by atoms with van der Waals surface area (Å²) in [6, 6.07) is 8.18. The number of aryl methyl sites for hydroxylation is 1. The quantitative estimate of drug-likeness (QED) is 0.697. The zero-order valence-corrected chi connectivity index (χ0v) is 15.3. The Kier molecular flexibility index (Phi) is 4.05. The van der Waals surface area contributed by atoms with Crippen LogP contribution in [0.1, 0.15) is 21.6 Å². The highest BCUT2D eigenvalue weighted by atomic mass is 32.2. The molecule has 1 aliphatic rings. The molecule has 138 valence electrons. The van der Waals surface area contributed by atoms with Gasteiger partial charge in [-0.2, -0.15) is 5.10 Å². The number of primary amides is 1. The highest BCUT2D eigenvalue weighted by Crippen LogP contribution is 2.36. The fourth-order valence-electron chi connectivity index (χ4n) is 3.35. The lowest BCUT2D eigenvalue weighted by Gasteiger charge is -2.18. The van der Waals surface area contributed by atoms with E-state index in [1.54, 1.807) is 23.0 Å². The van der Waals surface area contributed by atoms with Gasteiger partial charge >= 0.3 is 0 Å². The van der Waals surface area contributed by atoms with E-state index < -0.39 is 15.9 Å². The molecule has 3 N–H and O–H groups in total. The molecule has 2 heterocycles. The molecule has 0 saturated heterocycles. The zero-order valence-electron chi connectivity index (χ0n) is 14.5. The van der Waals surface area contributed by atoms with Gasteiger partial charge in [0, 0.05) is 23.5 Å². The lowest BCUT2D eigenvalue weighted by atomic mass is 9.90. The van der Waals surface area contributed by atoms with Gasteiger partial charge in [0.2, 0.25) is 10.0 Å². The highest BCUT2D eigenvalue weighted by Gasteiger charge is 2.28. The van der Waals surface area contributed by atoms with Gasteiger partial charge in [0.25, 0.3) is 5.91 Å². The Balaban J connectivity index is 1.91. The van der Waals surface area contributed by atoms with Crippen molar-refractivity contribution < 1.29 is 13.2 Å². The first-order valence-corrected chi connectivity index (χ1v) is 9.79. The molecule has 3 aromatic rings. The molecule has 1 aromatic carbocycles. The Hall–Kier alpha value is -3.04. The van der Waals surface area contributed by atoms with E-state index in [9.17, 15) is 13.2 Å². The Morgan fingerprint density at radius 3 is 2.59 bits per heavy atom. The second-order valence-corrected chi connectivity index (χ2v) is 8.07. The summed E-state index contributed by atoms with van der Waals surface area (Å²) in [6.45, 7) is 0. The van der Waals surface area contributed by atoms with Gasteiger partial charge in [-0.3, -0.25) is 9.78 Å². The number of rotatable bonds is 4. The summed E-state index contributed by atoms with van der Waals surface area (Å²) >= 11 is 0. The SMILES string of the molecule is CNS(=O)(=O)c1ccc(-n2nc(C(N)=O)c3c2-c2ccncc2CC3)cc1. The minimum Gasteiger partial charge on any atom is -0.364 e. The van der Waals surface area contributed by atoms with Crippen LogP contribution in [0, 0.1) is 0 Å². The predicted octanol–water partition coefficient (Wildman–Crippen LogP) is 1.04. The number of nitrogens with one attached hydrogen (secondary N) is 1. The molecule has 2 aromatic heterocycles. The maximum absolute atomic E-state index is 11.9. The number of hydrogen-bond acceptors (Lipinski definition) is 5. The van der Waals surface area contributed by atoms with Crippen LogP contribution in [0.4, 0.5) is 0 Å². The molecule has 8 nitrogen and oxygen atoms in total. The third-order valence-electron chi connectivity index (χ3n) is 4.68. The fraction of sp³-hybridized carbons (Fsp3) is 0.167. The summed E-state index contributed by atoms with van der Waals surface area (Å²) in [7, 11) is -2.18. The molecule has 0 spiro atoms. The van der Waals surface area contributed by atoms with Gasteiger partial charge in [-0.15, -0.1) is 0 Å². The normalized spacial score (nSPS) is 13.1. The number of carbonyl (C=O) groups is 1. The average molecular weight is 383 g/mol. The lowest BCUT2D eigenvalue weighted by Crippen LogP contribution is -2.18. The Morgan fingerprint density at radius 1 is 1.19 bits per heavy atom. The maximum atomic E-state index is 11.9. The second-order valence-electron chi connectivity index (χ2n) is 6.19. The first-order chi connectivity index (χ1) is 12.9. The molecule has 1 aliphatic carbocycles. The number of fused-ring (bicyclic) bond motifs is 3. The molecule has 0 radical (unpaired) electrons. The average Bonchev–Trinajstić information content (AvgIpc) is 3.08. The van der Waals surface area contributed by atoms with Crippen LogP contribution in [-0.4, -0.2) is 36.1 Å². The Bertz CT molecular complexity index is 1150. The molecular weight excluding hydrogens is 366 g/mol. The van der Waals surface area contributed by atoms with Crippen molar-refractivity contribution >= 4 is 15.9 Å². The Labute approximate surface area is 156 Å². The number of hydrogen-bond donors (Lipinski definition) is 2. The van der Waals surface area contributed by atoms with Crippen molar-refractivity contribution in [2.45, 2.75) is 17.7 Å². The molecule has 0 bridgehead atoms. The molecule has 9 heteroatoms. The van der Waals surface area contributed by atoms with E-state index in [1.807, 2.05) is 12.3 Å². The summed E-state index contributed by atoms with van der Waals surface area (Å²) in [5.74, 6) is -0.586. The molecule has 27 heavy (non-hydrogen) atoms. The third-order valence-corrected chi connectivity index (χ3v) is 6.11. The van der Waals surface area contributed by atoms with E-state index in [4.69, 9.17) is 5.73 Å². The van der Waals surface area contributed by atoms with E-state index in [2.05, 4.69) is 14.8 Å². The summed E-state index contributed by atoms with van der Waals surface area (Å²) in [4.78, 5) is 16.2. The van der Waals surface area contributed by atoms with Gasteiger partial charge in [0.05, 0.1) is 16.3 Å². The highest BCUT2D eigenvalue weighted by molar-refractivity contribution is 7.89. The third kappa shape index (κ3) is 2.81. The van der Waals surface area contributed by atoms with Gasteiger partial charge < -0.3 is 5.73 Å². The van der Waals surface area contributed by atoms with Gasteiger partial charge in [-0.25, -0.2) is 17.8 Å². The van der Waals surface area contributed by atoms with Crippen LogP contribution in [0.5, 0.6) is 0 Å². The first kappa shape index (κ1) is 17.4. The summed E-state index contributed by atoms with van der Waals surface area (Å²) < 4.78 is 27.8. The first-order valence-electron chi connectivity index (χ1n) is 8.31. The number of pyridine rings is 1. The van der Waals surface area contributed by atoms with Gasteiger partial charge in [0.15, 0.2) is 5.69 Å². The van der Waals surface area contributed by atoms with E-state index in [0.717, 1.165) is 28.8 Å². The standard InChI is InChI=1S/C18H17N5O3S/c1-20-27(25,26)13-5-3-12(4-6-13)23-17-14-8-9-21-10-11(14)2-7-15(17)16(22-23)18(19)24/h3-6,8-10,20H,2,7H2,1H3,(H2,19,24). The van der Waals surface area contributed by atoms with E-state index in [0.29, 0.717) is 12.1 Å². The van der Waals surface area contributed by atoms with Crippen molar-refractivity contribution in [3.8, 4) is 16.9 Å². The van der Waals surface area contributed by atoms with E-state index >= 15 is 0 Å². The number of nitrogens with two attached hydrogens (primary N) is 1. The molecule has 0 saturated carbocycles. The molecule has 0 atom stereocenters. The largest absolute Gasteiger partial charge is 0.364 e. The van der Waals surface area contributed by atoms with Crippen molar-refractivity contribution in [2.75, 3.05) is 7.05 Å². The van der Waals surface area contributed by atoms with Crippen molar-refractivity contribution in [1.82, 2.24) is 19.5 Å². The fourth-order valence-corrected chi connectivity index (χ4v) is 4.08. The minimum atomic E-state index is -3.53. The lowest BCUT2D eigenvalue weighted by molar-refractivity contribution is 0.0994. The van der Waals surface area contributed by atoms with Crippen LogP contribution in [0.3, 0.4) is 0 Å². The van der Waals surface area contributed by atoms with Crippen molar-refractivity contribution in [2.24, 2.45) is 5.73 Å². The van der Waals surface area contributed by atoms with Crippen LogP contribution in [0.15, 0.2) is 47.6 Å². The smallest absolute Gasteiger partial charge is 0.269 e. The Morgan fingerprint density at radius 2 is 1.93 bits per heavy atom. The van der Waals surface area contributed by atoms with Crippen molar-refractivity contribution in [3.05, 3.63) is 59.5 Å². The van der Waals surface area contributed by atoms with Crippen LogP contribution in [0.2, 0.25) is 0 Å². The van der Waals surface area contributed by atoms with Crippen LogP contribution in [0.25, 0.3) is 16.9 Å². The van der Waals surface area contributed by atoms with Gasteiger partial charge in [-0.1, -0.05) is 0 Å². The molecule has 4 rings (SSSR count). The van der Waals surface area contributed by atoms with E-state index in [1.165, 1.54) is 19.2 Å². The van der Waals surface area contributed by atoms with Gasteiger partial charge in [0.1, 0.15) is 0 Å². The van der Waals surface area contributed by atoms with Gasteiger partial charge in [-0.05, 0) is 55.8 Å². The topological polar surface area (TPSA) is 120 Å². The monoisotopic (exact) mass is 383 g/mol. The zero-order chi connectivity index (χ0) is 19.2.